The Morgan fingerprint density at radius 1 is 1.17 bits per heavy atom. The van der Waals surface area contributed by atoms with Gasteiger partial charge in [0, 0.05) is 18.6 Å². The van der Waals surface area contributed by atoms with Gasteiger partial charge < -0.3 is 20.0 Å². The van der Waals surface area contributed by atoms with Crippen molar-refractivity contribution in [1.82, 2.24) is 0 Å². The number of hydrogen-bond donors (Lipinski definition) is 2. The Morgan fingerprint density at radius 3 is 2.52 bits per heavy atom. The van der Waals surface area contributed by atoms with Gasteiger partial charge >= 0.3 is 0 Å². The van der Waals surface area contributed by atoms with E-state index in [1.54, 1.807) is 6.07 Å². The third kappa shape index (κ3) is 4.12. The second-order valence-corrected chi connectivity index (χ2v) is 5.40. The molecule has 0 aliphatic heterocycles. The minimum absolute atomic E-state index is 0.0358. The molecular formula is C18H23NO4. The van der Waals surface area contributed by atoms with E-state index in [2.05, 4.69) is 0 Å². The van der Waals surface area contributed by atoms with Crippen molar-refractivity contribution >= 4 is 11.5 Å². The Hall–Kier alpha value is -2.30. The van der Waals surface area contributed by atoms with Crippen LogP contribution in [0.15, 0.2) is 29.5 Å². The molecule has 0 radical (unpaired) electrons. The van der Waals surface area contributed by atoms with Crippen LogP contribution < -0.4 is 9.47 Å². The molecule has 0 unspecified atom stereocenters. The van der Waals surface area contributed by atoms with Crippen LogP contribution in [0, 0.1) is 5.41 Å². The first-order chi connectivity index (χ1) is 11.1. The fourth-order valence-corrected chi connectivity index (χ4v) is 2.67. The number of ketones is 1. The fourth-order valence-electron chi connectivity index (χ4n) is 2.67. The van der Waals surface area contributed by atoms with Gasteiger partial charge in [0.2, 0.25) is 0 Å². The van der Waals surface area contributed by atoms with Crippen LogP contribution in [0.1, 0.15) is 38.7 Å². The van der Waals surface area contributed by atoms with Gasteiger partial charge in [-0.25, -0.2) is 0 Å². The second-order valence-electron chi connectivity index (χ2n) is 5.40. The van der Waals surface area contributed by atoms with Gasteiger partial charge in [-0.3, -0.25) is 4.79 Å². The number of aliphatic hydroxyl groups is 1. The number of carbonyl (C=O) groups is 1. The molecule has 0 atom stereocenters. The Morgan fingerprint density at radius 2 is 1.87 bits per heavy atom. The first-order valence-corrected chi connectivity index (χ1v) is 7.98. The maximum Gasteiger partial charge on any atom is 0.168 e. The lowest BCUT2D eigenvalue weighted by Crippen LogP contribution is -2.20. The molecule has 5 heteroatoms. The van der Waals surface area contributed by atoms with Crippen LogP contribution >= 0.6 is 0 Å². The summed E-state index contributed by atoms with van der Waals surface area (Å²) >= 11 is 0. The normalized spacial score (nSPS) is 17.1. The molecule has 23 heavy (non-hydrogen) atoms. The quantitative estimate of drug-likeness (QED) is 0.620. The molecule has 0 bridgehead atoms. The highest BCUT2D eigenvalue weighted by atomic mass is 16.5. The predicted octanol–water partition coefficient (Wildman–Crippen LogP) is 3.61. The highest BCUT2D eigenvalue weighted by Crippen LogP contribution is 2.30. The van der Waals surface area contributed by atoms with E-state index >= 15 is 0 Å². The Kier molecular flexibility index (Phi) is 5.79. The molecule has 1 aliphatic carbocycles. The van der Waals surface area contributed by atoms with Gasteiger partial charge in [-0.2, -0.15) is 0 Å². The Bertz CT molecular complexity index is 616. The van der Waals surface area contributed by atoms with Gasteiger partial charge in [0.05, 0.1) is 18.8 Å². The first kappa shape index (κ1) is 17.1. The summed E-state index contributed by atoms with van der Waals surface area (Å²) in [5.41, 5.74) is 1.23. The lowest BCUT2D eigenvalue weighted by molar-refractivity contribution is -0.115. The van der Waals surface area contributed by atoms with Crippen LogP contribution in [-0.2, 0) is 11.2 Å². The van der Waals surface area contributed by atoms with Crippen molar-refractivity contribution in [2.24, 2.45) is 0 Å². The topological polar surface area (TPSA) is 79.6 Å². The SMILES string of the molecule is CCOc1ccc(C/C(O)=C2\C(=N)CCCC2=O)cc1OCC. The van der Waals surface area contributed by atoms with Crippen LogP contribution in [0.2, 0.25) is 0 Å². The highest BCUT2D eigenvalue weighted by Gasteiger charge is 2.24. The largest absolute Gasteiger partial charge is 0.511 e. The van der Waals surface area contributed by atoms with E-state index in [-0.39, 0.29) is 29.2 Å². The molecule has 0 saturated heterocycles. The molecule has 0 aromatic heterocycles. The minimum Gasteiger partial charge on any atom is -0.511 e. The zero-order valence-electron chi connectivity index (χ0n) is 13.6. The van der Waals surface area contributed by atoms with Crippen molar-refractivity contribution in [1.29, 1.82) is 5.41 Å². The smallest absolute Gasteiger partial charge is 0.168 e. The molecule has 1 aliphatic rings. The average molecular weight is 317 g/mol. The van der Waals surface area contributed by atoms with Crippen LogP contribution in [0.25, 0.3) is 0 Å². The van der Waals surface area contributed by atoms with Crippen molar-refractivity contribution in [3.8, 4) is 11.5 Å². The van der Waals surface area contributed by atoms with Crippen molar-refractivity contribution in [3.63, 3.8) is 0 Å². The zero-order valence-corrected chi connectivity index (χ0v) is 13.6. The van der Waals surface area contributed by atoms with Crippen LogP contribution in [0.4, 0.5) is 0 Å². The first-order valence-electron chi connectivity index (χ1n) is 7.98. The highest BCUT2D eigenvalue weighted by molar-refractivity contribution is 6.23. The monoisotopic (exact) mass is 317 g/mol. The van der Waals surface area contributed by atoms with Gasteiger partial charge in [0.1, 0.15) is 5.76 Å². The van der Waals surface area contributed by atoms with E-state index in [4.69, 9.17) is 14.9 Å². The van der Waals surface area contributed by atoms with Gasteiger partial charge in [-0.15, -0.1) is 0 Å². The summed E-state index contributed by atoms with van der Waals surface area (Å²) < 4.78 is 11.1. The Labute approximate surface area is 136 Å². The lowest BCUT2D eigenvalue weighted by atomic mass is 9.89. The van der Waals surface area contributed by atoms with E-state index in [1.165, 1.54) is 0 Å². The van der Waals surface area contributed by atoms with Gasteiger partial charge in [0.25, 0.3) is 0 Å². The number of rotatable bonds is 6. The number of benzene rings is 1. The van der Waals surface area contributed by atoms with Crippen LogP contribution in [0.3, 0.4) is 0 Å². The maximum absolute atomic E-state index is 11.9. The number of hydrogen-bond acceptors (Lipinski definition) is 5. The summed E-state index contributed by atoms with van der Waals surface area (Å²) in [4.78, 5) is 11.9. The van der Waals surface area contributed by atoms with Crippen molar-refractivity contribution < 1.29 is 19.4 Å². The molecular weight excluding hydrogens is 294 g/mol. The molecule has 1 aromatic rings. The summed E-state index contributed by atoms with van der Waals surface area (Å²) in [6.07, 6.45) is 1.83. The summed E-state index contributed by atoms with van der Waals surface area (Å²) in [5.74, 6) is 1.10. The molecule has 0 spiro atoms. The number of carbonyl (C=O) groups excluding carboxylic acids is 1. The zero-order chi connectivity index (χ0) is 16.8. The maximum atomic E-state index is 11.9. The molecule has 0 heterocycles. The third-order valence-corrected chi connectivity index (χ3v) is 3.68. The third-order valence-electron chi connectivity index (χ3n) is 3.68. The second kappa shape index (κ2) is 7.81. The number of nitrogens with one attached hydrogen (secondary N) is 1. The molecule has 0 amide bonds. The van der Waals surface area contributed by atoms with Gasteiger partial charge in [0.15, 0.2) is 17.3 Å². The van der Waals surface area contributed by atoms with E-state index in [0.717, 1.165) is 5.56 Å². The van der Waals surface area contributed by atoms with Gasteiger partial charge in [-0.05, 0) is 44.4 Å². The molecule has 124 valence electrons. The summed E-state index contributed by atoms with van der Waals surface area (Å²) in [5, 5.41) is 18.2. The average Bonchev–Trinajstić information content (AvgIpc) is 2.50. The number of aliphatic hydroxyl groups excluding tert-OH is 1. The number of allylic oxidation sites excluding steroid dienone is 2. The molecule has 1 fully saturated rings. The molecule has 2 rings (SSSR count). The van der Waals surface area contributed by atoms with E-state index < -0.39 is 0 Å². The minimum atomic E-state index is -0.144. The standard InChI is InChI=1S/C18H23NO4/c1-3-22-16-9-8-12(11-17(16)23-4-2)10-15(21)18-13(19)6-5-7-14(18)20/h8-9,11,19,21H,3-7,10H2,1-2H3/b18-15-,19-13?. The predicted molar refractivity (Wildman–Crippen MR) is 88.7 cm³/mol. The molecule has 2 N–H and O–H groups in total. The van der Waals surface area contributed by atoms with E-state index in [0.29, 0.717) is 44.0 Å². The summed E-state index contributed by atoms with van der Waals surface area (Å²) in [6, 6.07) is 5.44. The molecule has 1 aromatic carbocycles. The van der Waals surface area contributed by atoms with E-state index in [9.17, 15) is 9.90 Å². The van der Waals surface area contributed by atoms with Crippen LogP contribution in [-0.4, -0.2) is 29.8 Å². The summed E-state index contributed by atoms with van der Waals surface area (Å²) in [6.45, 7) is 4.85. The lowest BCUT2D eigenvalue weighted by Gasteiger charge is -2.17. The molecule has 5 nitrogen and oxygen atoms in total. The number of ether oxygens (including phenoxy) is 2. The number of Topliss-reactive ketones (excluding diaryl/α,β-unsaturated/α-hetero) is 1. The van der Waals surface area contributed by atoms with Crippen molar-refractivity contribution in [2.75, 3.05) is 13.2 Å². The van der Waals surface area contributed by atoms with Crippen molar-refractivity contribution in [2.45, 2.75) is 39.5 Å². The van der Waals surface area contributed by atoms with E-state index in [1.807, 2.05) is 26.0 Å². The van der Waals surface area contributed by atoms with Crippen LogP contribution in [0.5, 0.6) is 11.5 Å². The summed E-state index contributed by atoms with van der Waals surface area (Å²) in [7, 11) is 0. The Balaban J connectivity index is 2.26. The molecule has 1 saturated carbocycles. The fraction of sp³-hybridized carbons (Fsp3) is 0.444. The van der Waals surface area contributed by atoms with Gasteiger partial charge in [-0.1, -0.05) is 6.07 Å². The van der Waals surface area contributed by atoms with Crippen molar-refractivity contribution in [3.05, 3.63) is 35.1 Å².